The molecule has 137 heavy (non-hydrogen) atoms. The number of aryl methyl sites for hydroxylation is 3. The van der Waals surface area contributed by atoms with Crippen LogP contribution >= 0.6 is 0 Å². The number of alkyl carbamates (subject to hydrolysis) is 1. The van der Waals surface area contributed by atoms with Crippen LogP contribution in [0, 0.1) is 42.4 Å². The predicted molar refractivity (Wildman–Crippen MR) is 505 cm³/mol. The summed E-state index contributed by atoms with van der Waals surface area (Å²) in [4.78, 5) is 126. The third kappa shape index (κ3) is 29.9. The Balaban J connectivity index is 0.540. The molecule has 0 radical (unpaired) electrons. The Hall–Kier alpha value is -9.83. The number of anilines is 1. The Morgan fingerprint density at radius 1 is 0.708 bits per heavy atom. The zero-order chi connectivity index (χ0) is 98.5. The molecular weight excluding hydrogens is 1780 g/mol. The van der Waals surface area contributed by atoms with Gasteiger partial charge in [-0.05, 0) is 176 Å². The van der Waals surface area contributed by atoms with Crippen LogP contribution in [-0.4, -0.2) is 290 Å². The number of cyclic esters (lactones) is 1. The molecule has 2 bridgehead atoms. The number of hydrogen-bond donors (Lipinski definition) is 3. The van der Waals surface area contributed by atoms with Crippen LogP contribution < -0.4 is 15.9 Å². The second kappa shape index (κ2) is 52.4. The second-order valence-corrected chi connectivity index (χ2v) is 36.9. The summed E-state index contributed by atoms with van der Waals surface area (Å²) in [6, 6.07) is 11.5. The molecule has 3 N–H and O–H groups in total. The second-order valence-electron chi connectivity index (χ2n) is 36.9. The molecule has 3 amide bonds. The lowest BCUT2D eigenvalue weighted by Gasteiger charge is -2.43. The number of aliphatic hydroxyl groups excluding tert-OH is 1. The van der Waals surface area contributed by atoms with E-state index in [9.17, 15) is 48.6 Å². The first kappa shape index (κ1) is 108. The fourth-order valence-corrected chi connectivity index (χ4v) is 18.7. The van der Waals surface area contributed by atoms with Gasteiger partial charge in [-0.2, -0.15) is 13.2 Å². The molecule has 3 saturated heterocycles. The summed E-state index contributed by atoms with van der Waals surface area (Å²) < 4.78 is 119. The summed E-state index contributed by atoms with van der Waals surface area (Å²) in [5.74, 6) is -8.99. The van der Waals surface area contributed by atoms with E-state index < -0.39 is 107 Å². The van der Waals surface area contributed by atoms with Crippen molar-refractivity contribution < 1.29 is 114 Å². The molecule has 1 saturated carbocycles. The molecule has 0 spiro atoms. The number of rotatable bonds is 36. The quantitative estimate of drug-likeness (QED) is 0.0142. The Labute approximate surface area is 799 Å². The van der Waals surface area contributed by atoms with E-state index in [1.807, 2.05) is 82.5 Å². The standard InChI is InChI=1S/C101H140F3N11O22/c1-65-20-14-13-15-21-66(2)82(107-98(123)128-12)60-78-30-24-71(7)100(125,137-78)95(120)96(121)114-35-18-16-23-84(114)97(122)136-88(61-86(116)67(3)55-70(6)93(119)94(127-11)92(118)69(5)54-65)68(4)56-73-26-33-87(89(57-73)126-10)135-41-19-17-22-76-64-113(109-108-76)40-43-130-45-47-132-49-51-134-53-52-133-50-48-131-46-44-129-42-34-90(117)112-38-36-111(37-39-112)83-32-29-77(59-80(83)101(102,103)104)115-91-79-58-74(75-27-25-72(8)105-62-75)28-31-81(79)106-63-85(91)110(9)99(115)124/h13-15,20-21,25,27-29,31-32,55,58-59,62-65,67-69,71,73,78,82,84,87-89,93-94,119,125H,16-19,22-24,26,30,33-54,56-57,60-61H2,1-12H3,(H,107,123)/b15-13+,20-14+,66-21+,70-55+/t65-,67-,68-,69-,71-,73+,78+,82+,84+,87-,88+,89-,93-,94+,100-/m1/s1. The number of aliphatic hydroxyl groups is 2. The Morgan fingerprint density at radius 3 is 2.07 bits per heavy atom. The highest BCUT2D eigenvalue weighted by molar-refractivity contribution is 6.39. The smallest absolute Gasteiger partial charge is 0.418 e. The van der Waals surface area contributed by atoms with Crippen molar-refractivity contribution >= 4 is 68.9 Å². The first-order chi connectivity index (χ1) is 65.8. The number of methoxy groups -OCH3 is 3. The molecule has 4 aliphatic heterocycles. The molecule has 5 aliphatic rings. The molecule has 36 heteroatoms. The van der Waals surface area contributed by atoms with E-state index in [0.29, 0.717) is 170 Å². The summed E-state index contributed by atoms with van der Waals surface area (Å²) in [6.07, 6.45) is 12.9. The third-order valence-corrected chi connectivity index (χ3v) is 26.9. The summed E-state index contributed by atoms with van der Waals surface area (Å²) in [5, 5.41) is 36.0. The number of aromatic nitrogens is 7. The average Bonchev–Trinajstić information content (AvgIpc) is 1.60. The van der Waals surface area contributed by atoms with E-state index in [4.69, 9.17) is 56.8 Å². The number of Topliss-reactive ketones (excluding diaryl/α,β-unsaturated/α-hetero) is 3. The number of benzene rings is 2. The topological polar surface area (TPSA) is 376 Å². The van der Waals surface area contributed by atoms with Crippen LogP contribution in [0.15, 0.2) is 120 Å². The van der Waals surface area contributed by atoms with Crippen molar-refractivity contribution in [3.63, 3.8) is 0 Å². The van der Waals surface area contributed by atoms with Crippen LogP contribution in [-0.2, 0) is 112 Å². The molecule has 1 aliphatic carbocycles. The maximum Gasteiger partial charge on any atom is 0.418 e. The van der Waals surface area contributed by atoms with Gasteiger partial charge in [0.05, 0.1) is 163 Å². The number of halogens is 3. The number of amides is 3. The van der Waals surface area contributed by atoms with Gasteiger partial charge in [0.25, 0.3) is 11.7 Å². The zero-order valence-electron chi connectivity index (χ0n) is 81.3. The molecule has 4 aromatic heterocycles. The number of carbonyl (C=O) groups is 7. The fourth-order valence-electron chi connectivity index (χ4n) is 18.7. The normalized spacial score (nSPS) is 26.2. The highest BCUT2D eigenvalue weighted by Crippen LogP contribution is 2.42. The molecular formula is C101H140F3N11O22. The number of hydrogen-bond acceptors (Lipinski definition) is 27. The molecule has 2 aromatic carbocycles. The molecule has 15 atom stereocenters. The number of ketones is 3. The van der Waals surface area contributed by atoms with Gasteiger partial charge in [0.2, 0.25) is 11.7 Å². The van der Waals surface area contributed by atoms with E-state index in [-0.39, 0.29) is 125 Å². The number of alkyl halides is 3. The molecule has 8 heterocycles. The fraction of sp³-hybridized carbons (Fsp3) is 0.624. The summed E-state index contributed by atoms with van der Waals surface area (Å²) >= 11 is 0. The lowest BCUT2D eigenvalue weighted by molar-refractivity contribution is -0.264. The predicted octanol–water partition coefficient (Wildman–Crippen LogP) is 11.9. The van der Waals surface area contributed by atoms with Gasteiger partial charge in [-0.1, -0.05) is 94.0 Å². The number of allylic oxidation sites excluding steroid dienone is 6. The van der Waals surface area contributed by atoms with Gasteiger partial charge < -0.3 is 87.1 Å². The number of nitrogens with zero attached hydrogens (tertiary/aromatic N) is 10. The number of esters is 1. The van der Waals surface area contributed by atoms with Gasteiger partial charge in [0.1, 0.15) is 30.1 Å². The van der Waals surface area contributed by atoms with Crippen LogP contribution in [0.25, 0.3) is 38.8 Å². The zero-order valence-corrected chi connectivity index (χ0v) is 81.3. The first-order valence-electron chi connectivity index (χ1n) is 48.2. The van der Waals surface area contributed by atoms with E-state index >= 15 is 13.2 Å². The van der Waals surface area contributed by atoms with Crippen LogP contribution in [0.1, 0.15) is 162 Å². The molecule has 33 nitrogen and oxygen atoms in total. The number of nitrogens with one attached hydrogen (secondary N) is 1. The summed E-state index contributed by atoms with van der Waals surface area (Å²) in [7, 11) is 5.83. The van der Waals surface area contributed by atoms with Gasteiger partial charge >= 0.3 is 23.9 Å². The van der Waals surface area contributed by atoms with Crippen LogP contribution in [0.4, 0.5) is 23.7 Å². The van der Waals surface area contributed by atoms with Gasteiger partial charge in [-0.25, -0.2) is 19.1 Å². The van der Waals surface area contributed by atoms with E-state index in [2.05, 4.69) is 25.6 Å². The molecule has 11 rings (SSSR count). The van der Waals surface area contributed by atoms with Gasteiger partial charge in [0, 0.05) is 119 Å². The Bertz CT molecular complexity index is 5170. The lowest BCUT2D eigenvalue weighted by Crippen LogP contribution is -2.61. The molecule has 752 valence electrons. The SMILES string of the molecule is COC(=O)N[C@H]1C[C@@H]2CC[C@@H](C)[C@@](O)(O2)C(=O)C(=O)N2CCCC[C@H]2C(=O)O[C@H]([C@H](C)C[C@@H]2CC[C@@H](OCCCCc3cn(CCOCCOCCOCCOCCOCCOCCC(=O)N4CCN(c5ccc(-n6c(=O)n(C)c7cnc8ccc(-c9ccc(C)nc9)cc8c76)cc5C(F)(F)F)CC4)nn3)[C@H](OC)C2)CC(=O)[C@H](C)/C=C(\C)[C@@H](O)[C@@H](OC)C(=O)[C@H](C)C[C@H](C)/C=C/C=C/C=C/1C. The number of imidazole rings is 1. The molecule has 6 aromatic rings. The number of ether oxygens (including phenoxy) is 12. The number of carbonyl (C=O) groups excluding carboxylic acids is 7. The lowest BCUT2D eigenvalue weighted by atomic mass is 9.78. The summed E-state index contributed by atoms with van der Waals surface area (Å²) in [6.45, 7) is 20.2. The number of piperazine rings is 1. The van der Waals surface area contributed by atoms with Gasteiger partial charge in [0.15, 0.2) is 5.78 Å². The van der Waals surface area contributed by atoms with E-state index in [1.165, 1.54) is 35.5 Å². The van der Waals surface area contributed by atoms with E-state index in [1.54, 1.807) is 87.0 Å². The molecule has 0 unspecified atom stereocenters. The third-order valence-electron chi connectivity index (χ3n) is 26.9. The average molecular weight is 1920 g/mol. The summed E-state index contributed by atoms with van der Waals surface area (Å²) in [5.41, 5.74) is 4.48. The van der Waals surface area contributed by atoms with Gasteiger partial charge in [-0.3, -0.25) is 43.1 Å². The number of unbranched alkanes of at least 4 members (excludes halogenated alkanes) is 1. The minimum absolute atomic E-state index is 0.0174. The number of fused-ring (bicyclic) bond motifs is 6. The van der Waals surface area contributed by atoms with Crippen molar-refractivity contribution in [3.05, 3.63) is 142 Å². The minimum atomic E-state index is -4.76. The number of pyridine rings is 2. The van der Waals surface area contributed by atoms with Crippen molar-refractivity contribution in [2.45, 2.75) is 225 Å². The van der Waals surface area contributed by atoms with Crippen molar-refractivity contribution in [1.29, 1.82) is 0 Å². The maximum absolute atomic E-state index is 15.0. The minimum Gasteiger partial charge on any atom is -0.460 e. The van der Waals surface area contributed by atoms with Crippen molar-refractivity contribution in [2.75, 3.05) is 145 Å². The highest BCUT2D eigenvalue weighted by atomic mass is 19.4. The molecule has 4 fully saturated rings. The Kier molecular flexibility index (Phi) is 41.2. The first-order valence-corrected chi connectivity index (χ1v) is 48.2. The highest BCUT2D eigenvalue weighted by Gasteiger charge is 2.54. The van der Waals surface area contributed by atoms with Crippen LogP contribution in [0.3, 0.4) is 0 Å². The van der Waals surface area contributed by atoms with Crippen LogP contribution in [0.5, 0.6) is 0 Å². The Morgan fingerprint density at radius 2 is 1.40 bits per heavy atom. The van der Waals surface area contributed by atoms with Crippen molar-refractivity contribution in [2.24, 2.45) is 42.6 Å². The van der Waals surface area contributed by atoms with Crippen molar-refractivity contribution in [3.8, 4) is 16.8 Å². The maximum atomic E-state index is 15.0. The van der Waals surface area contributed by atoms with E-state index in [0.717, 1.165) is 52.7 Å². The number of piperidine rings is 1. The van der Waals surface area contributed by atoms with Gasteiger partial charge in [-0.15, -0.1) is 5.10 Å². The largest absolute Gasteiger partial charge is 0.460 e. The monoisotopic (exact) mass is 1920 g/mol. The van der Waals surface area contributed by atoms with Crippen LogP contribution in [0.2, 0.25) is 0 Å². The van der Waals surface area contributed by atoms with Crippen molar-refractivity contribution in [1.82, 2.24) is 49.2 Å².